The van der Waals surface area contributed by atoms with E-state index in [-0.39, 0.29) is 6.04 Å². The molecule has 1 aliphatic heterocycles. The predicted octanol–water partition coefficient (Wildman–Crippen LogP) is 5.65. The zero-order chi connectivity index (χ0) is 26.5. The van der Waals surface area contributed by atoms with E-state index in [0.717, 1.165) is 59.0 Å². The average Bonchev–Trinajstić information content (AvgIpc) is 3.54. The maximum Gasteiger partial charge on any atom is 0.221 e. The van der Waals surface area contributed by atoms with Gasteiger partial charge < -0.3 is 19.3 Å². The van der Waals surface area contributed by atoms with Crippen molar-refractivity contribution in [2.75, 3.05) is 13.2 Å². The lowest BCUT2D eigenvalue weighted by Gasteiger charge is -2.16. The second-order valence-corrected chi connectivity index (χ2v) is 16.6. The predicted molar refractivity (Wildman–Crippen MR) is 151 cm³/mol. The smallest absolute Gasteiger partial charge is 0.221 e. The number of nitrogens with zero attached hydrogens (tertiary/aromatic N) is 3. The number of aromatic nitrogens is 3. The Morgan fingerprint density at radius 3 is 2.58 bits per heavy atom. The molecule has 9 heteroatoms. The Morgan fingerprint density at radius 2 is 1.82 bits per heavy atom. The summed E-state index contributed by atoms with van der Waals surface area (Å²) in [5.41, 5.74) is 2.07. The highest BCUT2D eigenvalue weighted by Crippen LogP contribution is 2.31. The number of pyridine rings is 1. The largest absolute Gasteiger partial charge is 0.476 e. The molecule has 1 fully saturated rings. The van der Waals surface area contributed by atoms with Gasteiger partial charge in [0.15, 0.2) is 0 Å². The second-order valence-electron chi connectivity index (χ2n) is 11.0. The van der Waals surface area contributed by atoms with Crippen molar-refractivity contribution in [2.45, 2.75) is 57.5 Å². The molecule has 4 aromatic rings. The lowest BCUT2D eigenvalue weighted by Crippen LogP contribution is -2.33. The summed E-state index contributed by atoms with van der Waals surface area (Å²) in [4.78, 5) is 4.41. The monoisotopic (exact) mass is 532 g/mol. The first-order valence-electron chi connectivity index (χ1n) is 13.2. The molecule has 5 rings (SSSR count). The van der Waals surface area contributed by atoms with Gasteiger partial charge in [-0.3, -0.25) is 5.32 Å². The Hall–Kier alpha value is -3.24. The summed E-state index contributed by atoms with van der Waals surface area (Å²) in [6.45, 7) is 8.73. The van der Waals surface area contributed by atoms with Gasteiger partial charge in [-0.15, -0.1) is 0 Å². The van der Waals surface area contributed by atoms with Gasteiger partial charge in [0.2, 0.25) is 5.88 Å². The van der Waals surface area contributed by atoms with E-state index in [0.29, 0.717) is 19.2 Å². The molecule has 1 saturated heterocycles. The van der Waals surface area contributed by atoms with Gasteiger partial charge in [-0.2, -0.15) is 5.10 Å². The summed E-state index contributed by atoms with van der Waals surface area (Å²) >= 11 is 0. The minimum absolute atomic E-state index is 0.133. The van der Waals surface area contributed by atoms with Crippen LogP contribution in [0.15, 0.2) is 67.0 Å². The molecule has 200 valence electrons. The van der Waals surface area contributed by atoms with Gasteiger partial charge in [0.25, 0.3) is 0 Å². The van der Waals surface area contributed by atoms with Crippen molar-refractivity contribution in [2.24, 2.45) is 0 Å². The summed E-state index contributed by atoms with van der Waals surface area (Å²) in [6.07, 6.45) is 4.73. The molecule has 2 aromatic heterocycles. The maximum absolute atomic E-state index is 9.65. The van der Waals surface area contributed by atoms with Crippen LogP contribution in [0.2, 0.25) is 25.7 Å². The van der Waals surface area contributed by atoms with E-state index in [9.17, 15) is 5.11 Å². The topological polar surface area (TPSA) is 90.7 Å². The molecule has 0 saturated carbocycles. The minimum Gasteiger partial charge on any atom is -0.476 e. The van der Waals surface area contributed by atoms with Crippen LogP contribution < -0.4 is 14.8 Å². The molecule has 0 radical (unpaired) electrons. The molecule has 3 heterocycles. The number of rotatable bonds is 11. The fourth-order valence-corrected chi connectivity index (χ4v) is 5.21. The summed E-state index contributed by atoms with van der Waals surface area (Å²) in [7, 11) is -1.11. The van der Waals surface area contributed by atoms with Crippen molar-refractivity contribution in [3.8, 4) is 28.6 Å². The van der Waals surface area contributed by atoms with Crippen LogP contribution in [0, 0.1) is 0 Å². The Balaban J connectivity index is 1.21. The van der Waals surface area contributed by atoms with E-state index in [4.69, 9.17) is 14.2 Å². The van der Waals surface area contributed by atoms with E-state index < -0.39 is 14.3 Å². The first-order valence-corrected chi connectivity index (χ1v) is 16.9. The van der Waals surface area contributed by atoms with E-state index in [1.54, 1.807) is 12.4 Å². The number of nitrogens with one attached hydrogen (secondary N) is 1. The van der Waals surface area contributed by atoms with Gasteiger partial charge in [0.05, 0.1) is 5.69 Å². The Labute approximate surface area is 224 Å². The van der Waals surface area contributed by atoms with Crippen LogP contribution in [0.3, 0.4) is 0 Å². The second kappa shape index (κ2) is 11.7. The number of fused-ring (bicyclic) bond motifs is 1. The highest BCUT2D eigenvalue weighted by atomic mass is 28.3. The third kappa shape index (κ3) is 6.79. The zero-order valence-electron chi connectivity index (χ0n) is 22.3. The summed E-state index contributed by atoms with van der Waals surface area (Å²) in [6, 6.07) is 19.1. The highest BCUT2D eigenvalue weighted by molar-refractivity contribution is 6.76. The lowest BCUT2D eigenvalue weighted by atomic mass is 10.1. The van der Waals surface area contributed by atoms with E-state index in [2.05, 4.69) is 35.0 Å². The number of hydrogen-bond donors (Lipinski definition) is 2. The molecular formula is C29H36N4O4Si. The van der Waals surface area contributed by atoms with Gasteiger partial charge in [0.1, 0.15) is 31.1 Å². The van der Waals surface area contributed by atoms with E-state index in [1.807, 2.05) is 59.3 Å². The van der Waals surface area contributed by atoms with Gasteiger partial charge in [-0.25, -0.2) is 9.67 Å². The quantitative estimate of drug-likeness (QED) is 0.190. The van der Waals surface area contributed by atoms with Crippen LogP contribution in [0.1, 0.15) is 12.8 Å². The van der Waals surface area contributed by atoms with Crippen LogP contribution in [-0.2, 0) is 11.5 Å². The van der Waals surface area contributed by atoms with Crippen molar-refractivity contribution >= 4 is 18.8 Å². The van der Waals surface area contributed by atoms with Gasteiger partial charge >= 0.3 is 0 Å². The van der Waals surface area contributed by atoms with Crippen LogP contribution in [0.5, 0.6) is 17.4 Å². The molecule has 1 unspecified atom stereocenters. The molecule has 8 nitrogen and oxygen atoms in total. The van der Waals surface area contributed by atoms with Crippen LogP contribution in [0.25, 0.3) is 22.0 Å². The normalized spacial score (nSPS) is 17.7. The lowest BCUT2D eigenvalue weighted by molar-refractivity contribution is 0.0798. The molecule has 1 aliphatic rings. The van der Waals surface area contributed by atoms with Crippen molar-refractivity contribution in [1.29, 1.82) is 0 Å². The molecule has 2 atom stereocenters. The third-order valence-corrected chi connectivity index (χ3v) is 8.35. The Morgan fingerprint density at radius 1 is 1.00 bits per heavy atom. The molecule has 0 spiro atoms. The van der Waals surface area contributed by atoms with E-state index in [1.165, 1.54) is 0 Å². The van der Waals surface area contributed by atoms with Gasteiger partial charge in [-0.05, 0) is 78.9 Å². The molecule has 0 aliphatic carbocycles. The fraction of sp³-hybridized carbons (Fsp3) is 0.379. The molecule has 0 bridgehead atoms. The number of aliphatic hydroxyl groups excluding tert-OH is 1. The molecule has 38 heavy (non-hydrogen) atoms. The Kier molecular flexibility index (Phi) is 8.08. The molecule has 2 N–H and O–H groups in total. The maximum atomic E-state index is 9.65. The molecular weight excluding hydrogens is 496 g/mol. The third-order valence-electron chi connectivity index (χ3n) is 6.65. The van der Waals surface area contributed by atoms with Gasteiger partial charge in [-0.1, -0.05) is 19.6 Å². The number of hydrogen-bond acceptors (Lipinski definition) is 7. The van der Waals surface area contributed by atoms with Crippen molar-refractivity contribution < 1.29 is 19.3 Å². The van der Waals surface area contributed by atoms with E-state index >= 15 is 0 Å². The standard InChI is InChI=1S/C29H36N4O4Si/c1-38(2,3)17-16-35-20-33-27(13-15-31-33)21-4-7-24(8-5-21)37-25-9-10-26-22(18-25)12-14-30-29(26)36-19-23-6-11-28(34)32-23/h4-5,7-10,12-15,18,23,28,32,34H,6,11,16-17,19-20H2,1-3H3/t23-,28?/m0/s1. The average molecular weight is 533 g/mol. The van der Waals surface area contributed by atoms with Crippen LogP contribution in [0.4, 0.5) is 0 Å². The number of ether oxygens (including phenoxy) is 3. The summed E-state index contributed by atoms with van der Waals surface area (Å²) < 4.78 is 19.9. The van der Waals surface area contributed by atoms with Crippen LogP contribution >= 0.6 is 0 Å². The summed E-state index contributed by atoms with van der Waals surface area (Å²) in [5.74, 6) is 2.08. The minimum atomic E-state index is -1.11. The summed E-state index contributed by atoms with van der Waals surface area (Å²) in [5, 5.41) is 19.1. The molecule has 0 amide bonds. The van der Waals surface area contributed by atoms with Crippen LogP contribution in [-0.4, -0.2) is 53.4 Å². The number of benzene rings is 2. The van der Waals surface area contributed by atoms with Crippen molar-refractivity contribution in [3.05, 3.63) is 67.0 Å². The SMILES string of the molecule is C[Si](C)(C)CCOCn1nccc1-c1ccc(Oc2ccc3c(OC[C@@H]4CCC(O)N4)nccc3c2)cc1. The Bertz CT molecular complexity index is 1350. The number of aliphatic hydroxyl groups is 1. The van der Waals surface area contributed by atoms with Crippen molar-refractivity contribution in [1.82, 2.24) is 20.1 Å². The molecule has 2 aromatic carbocycles. The zero-order valence-corrected chi connectivity index (χ0v) is 23.3. The first kappa shape index (κ1) is 26.4. The van der Waals surface area contributed by atoms with Gasteiger partial charge in [0, 0.05) is 44.1 Å². The first-order chi connectivity index (χ1) is 18.3. The fourth-order valence-electron chi connectivity index (χ4n) is 4.46. The van der Waals surface area contributed by atoms with Crippen molar-refractivity contribution in [3.63, 3.8) is 0 Å². The highest BCUT2D eigenvalue weighted by Gasteiger charge is 2.22.